The molecule has 0 unspecified atom stereocenters. The van der Waals surface area contributed by atoms with Gasteiger partial charge in [-0.2, -0.15) is 0 Å². The molecule has 2 aromatic carbocycles. The first-order chi connectivity index (χ1) is 12.2. The summed E-state index contributed by atoms with van der Waals surface area (Å²) in [5.41, 5.74) is 2.77. The second-order valence-electron chi connectivity index (χ2n) is 5.58. The molecule has 0 atom stereocenters. The molecule has 0 bridgehead atoms. The number of nitrogens with zero attached hydrogens (tertiary/aromatic N) is 1. The first-order valence-corrected chi connectivity index (χ1v) is 7.74. The Morgan fingerprint density at radius 3 is 2.80 bits per heavy atom. The van der Waals surface area contributed by atoms with Gasteiger partial charge in [-0.3, -0.25) is 4.79 Å². The molecular weight excluding hydrogens is 321 g/mol. The van der Waals surface area contributed by atoms with Gasteiger partial charge in [0.05, 0.1) is 11.4 Å². The lowest BCUT2D eigenvalue weighted by molar-refractivity contribution is -0.118. The van der Waals surface area contributed by atoms with Crippen LogP contribution in [0.25, 0.3) is 11.1 Å². The number of carbonyl (C=O) groups excluding carboxylic acids is 1. The number of para-hydroxylation sites is 1. The van der Waals surface area contributed by atoms with Crippen molar-refractivity contribution >= 4 is 23.1 Å². The van der Waals surface area contributed by atoms with Crippen molar-refractivity contribution in [3.05, 3.63) is 66.6 Å². The minimum atomic E-state index is -0.344. The molecule has 6 heteroatoms. The highest BCUT2D eigenvalue weighted by Gasteiger charge is 2.16. The number of hydrogen-bond donors (Lipinski definition) is 2. The number of fused-ring (bicyclic) bond motifs is 1. The van der Waals surface area contributed by atoms with Gasteiger partial charge in [0.15, 0.2) is 6.61 Å². The van der Waals surface area contributed by atoms with Crippen molar-refractivity contribution in [3.8, 4) is 16.9 Å². The van der Waals surface area contributed by atoms with Gasteiger partial charge in [0, 0.05) is 6.20 Å². The van der Waals surface area contributed by atoms with Crippen LogP contribution >= 0.6 is 0 Å². The van der Waals surface area contributed by atoms with Crippen LogP contribution in [0.5, 0.6) is 5.75 Å². The number of aromatic nitrogens is 1. The molecule has 0 fully saturated rings. The van der Waals surface area contributed by atoms with Crippen LogP contribution in [0.3, 0.4) is 0 Å². The van der Waals surface area contributed by atoms with E-state index in [1.807, 2.05) is 30.3 Å². The van der Waals surface area contributed by atoms with E-state index in [0.29, 0.717) is 22.9 Å². The number of ether oxygens (including phenoxy) is 1. The van der Waals surface area contributed by atoms with Crippen LogP contribution in [0.2, 0.25) is 0 Å². The monoisotopic (exact) mass is 335 g/mol. The highest BCUT2D eigenvalue weighted by atomic mass is 19.1. The average Bonchev–Trinajstić information content (AvgIpc) is 2.63. The standard InChI is InChI=1S/C19H14FN3O2/c20-14-3-1-2-4-15(14)22-18-10-13(7-8-21-18)12-5-6-17-16(9-12)23-19(24)11-25-17/h1-10H,11H2,(H,21,22)(H,23,24). The van der Waals surface area contributed by atoms with Crippen molar-refractivity contribution < 1.29 is 13.9 Å². The van der Waals surface area contributed by atoms with E-state index in [-0.39, 0.29) is 18.3 Å². The van der Waals surface area contributed by atoms with Crippen LogP contribution < -0.4 is 15.4 Å². The second kappa shape index (κ2) is 6.24. The Morgan fingerprint density at radius 1 is 1.08 bits per heavy atom. The highest BCUT2D eigenvalue weighted by Crippen LogP contribution is 2.33. The fourth-order valence-electron chi connectivity index (χ4n) is 2.64. The van der Waals surface area contributed by atoms with Gasteiger partial charge in [0.2, 0.25) is 0 Å². The number of anilines is 3. The van der Waals surface area contributed by atoms with Crippen LogP contribution in [0.4, 0.5) is 21.6 Å². The maximum Gasteiger partial charge on any atom is 0.262 e. The van der Waals surface area contributed by atoms with Gasteiger partial charge in [0.1, 0.15) is 17.4 Å². The minimum absolute atomic E-state index is 0.0261. The minimum Gasteiger partial charge on any atom is -0.482 e. The molecule has 1 aromatic heterocycles. The van der Waals surface area contributed by atoms with Crippen molar-refractivity contribution in [2.24, 2.45) is 0 Å². The number of pyridine rings is 1. The quantitative estimate of drug-likeness (QED) is 0.760. The molecule has 0 aliphatic carbocycles. The molecule has 25 heavy (non-hydrogen) atoms. The van der Waals surface area contributed by atoms with Gasteiger partial charge < -0.3 is 15.4 Å². The van der Waals surface area contributed by atoms with E-state index in [1.54, 1.807) is 24.4 Å². The van der Waals surface area contributed by atoms with Crippen LogP contribution in [0.1, 0.15) is 0 Å². The Morgan fingerprint density at radius 2 is 1.92 bits per heavy atom. The van der Waals surface area contributed by atoms with E-state index < -0.39 is 0 Å². The number of hydrogen-bond acceptors (Lipinski definition) is 4. The number of benzene rings is 2. The Balaban J connectivity index is 1.65. The van der Waals surface area contributed by atoms with Crippen molar-refractivity contribution in [1.82, 2.24) is 4.98 Å². The summed E-state index contributed by atoms with van der Waals surface area (Å²) in [6, 6.07) is 15.6. The summed E-state index contributed by atoms with van der Waals surface area (Å²) in [5.74, 6) is 0.646. The zero-order valence-corrected chi connectivity index (χ0v) is 13.1. The molecular formula is C19H14FN3O2. The molecule has 0 saturated heterocycles. The number of amides is 1. The van der Waals surface area contributed by atoms with Gasteiger partial charge in [-0.05, 0) is 47.5 Å². The molecule has 1 amide bonds. The van der Waals surface area contributed by atoms with Gasteiger partial charge in [-0.1, -0.05) is 18.2 Å². The van der Waals surface area contributed by atoms with Gasteiger partial charge in [0.25, 0.3) is 5.91 Å². The highest BCUT2D eigenvalue weighted by molar-refractivity contribution is 5.96. The van der Waals surface area contributed by atoms with E-state index in [9.17, 15) is 9.18 Å². The normalized spacial score (nSPS) is 12.8. The summed E-state index contributed by atoms with van der Waals surface area (Å²) in [7, 11) is 0. The number of nitrogens with one attached hydrogen (secondary N) is 2. The third-order valence-electron chi connectivity index (χ3n) is 3.84. The zero-order chi connectivity index (χ0) is 17.2. The summed E-state index contributed by atoms with van der Waals surface area (Å²) >= 11 is 0. The lowest BCUT2D eigenvalue weighted by Gasteiger charge is -2.18. The first-order valence-electron chi connectivity index (χ1n) is 7.74. The van der Waals surface area contributed by atoms with E-state index in [4.69, 9.17) is 4.74 Å². The summed E-state index contributed by atoms with van der Waals surface area (Å²) in [5, 5.41) is 5.76. The largest absolute Gasteiger partial charge is 0.482 e. The van der Waals surface area contributed by atoms with Crippen molar-refractivity contribution in [2.45, 2.75) is 0 Å². The fourth-order valence-corrected chi connectivity index (χ4v) is 2.64. The van der Waals surface area contributed by atoms with Crippen LogP contribution in [0.15, 0.2) is 60.8 Å². The summed E-state index contributed by atoms with van der Waals surface area (Å²) in [6.45, 7) is 0.0261. The maximum absolute atomic E-state index is 13.8. The topological polar surface area (TPSA) is 63.2 Å². The van der Waals surface area contributed by atoms with Crippen molar-refractivity contribution in [2.75, 3.05) is 17.2 Å². The fraction of sp³-hybridized carbons (Fsp3) is 0.0526. The van der Waals surface area contributed by atoms with Gasteiger partial charge in [-0.15, -0.1) is 0 Å². The summed E-state index contributed by atoms with van der Waals surface area (Å²) in [6.07, 6.45) is 1.65. The zero-order valence-electron chi connectivity index (χ0n) is 13.1. The van der Waals surface area contributed by atoms with E-state index >= 15 is 0 Å². The SMILES string of the molecule is O=C1COc2ccc(-c3ccnc(Nc4ccccc4F)c3)cc2N1. The first kappa shape index (κ1) is 15.1. The Labute approximate surface area is 143 Å². The molecule has 124 valence electrons. The average molecular weight is 335 g/mol. The predicted molar refractivity (Wildman–Crippen MR) is 93.5 cm³/mol. The van der Waals surface area contributed by atoms with E-state index in [0.717, 1.165) is 11.1 Å². The predicted octanol–water partition coefficient (Wildman–Crippen LogP) is 3.96. The molecule has 1 aliphatic rings. The Bertz CT molecular complexity index is 959. The third-order valence-corrected chi connectivity index (χ3v) is 3.84. The van der Waals surface area contributed by atoms with Crippen LogP contribution in [0, 0.1) is 5.82 Å². The van der Waals surface area contributed by atoms with E-state index in [1.165, 1.54) is 6.07 Å². The molecule has 1 aliphatic heterocycles. The molecule has 0 spiro atoms. The third kappa shape index (κ3) is 3.14. The van der Waals surface area contributed by atoms with Crippen LogP contribution in [-0.2, 0) is 4.79 Å². The second-order valence-corrected chi connectivity index (χ2v) is 5.58. The van der Waals surface area contributed by atoms with Crippen molar-refractivity contribution in [1.29, 1.82) is 0 Å². The van der Waals surface area contributed by atoms with Gasteiger partial charge in [-0.25, -0.2) is 9.37 Å². The lowest BCUT2D eigenvalue weighted by Crippen LogP contribution is -2.25. The van der Waals surface area contributed by atoms with E-state index in [2.05, 4.69) is 15.6 Å². The molecule has 2 heterocycles. The summed E-state index contributed by atoms with van der Waals surface area (Å²) in [4.78, 5) is 15.7. The van der Waals surface area contributed by atoms with Crippen molar-refractivity contribution in [3.63, 3.8) is 0 Å². The number of rotatable bonds is 3. The molecule has 0 saturated carbocycles. The molecule has 2 N–H and O–H groups in total. The van der Waals surface area contributed by atoms with Gasteiger partial charge >= 0.3 is 0 Å². The van der Waals surface area contributed by atoms with Crippen LogP contribution in [-0.4, -0.2) is 17.5 Å². The summed E-state index contributed by atoms with van der Waals surface area (Å²) < 4.78 is 19.1. The molecule has 0 radical (unpaired) electrons. The smallest absolute Gasteiger partial charge is 0.262 e. The number of carbonyl (C=O) groups is 1. The Kier molecular flexibility index (Phi) is 3.78. The molecule has 3 aromatic rings. The lowest BCUT2D eigenvalue weighted by atomic mass is 10.1. The molecule has 4 rings (SSSR count). The molecule has 5 nitrogen and oxygen atoms in total. The number of halogens is 1. The maximum atomic E-state index is 13.8. The Hall–Kier alpha value is -3.41.